The molecule has 4 rings (SSSR count). The highest BCUT2D eigenvalue weighted by atomic mass is 35.5. The predicted molar refractivity (Wildman–Crippen MR) is 111 cm³/mol. The van der Waals surface area contributed by atoms with Crippen LogP contribution in [0.1, 0.15) is 10.5 Å². The Balaban J connectivity index is 1.48. The number of ether oxygens (including phenoxy) is 3. The lowest BCUT2D eigenvalue weighted by molar-refractivity contribution is 0.0152. The SMILES string of the molecule is COc1ccc(OC)c(-c2cc(C(=O)N3CC(Oc4ncccc4Cl)C3)n(C)n2)c1. The summed E-state index contributed by atoms with van der Waals surface area (Å²) >= 11 is 6.07. The zero-order valence-corrected chi connectivity index (χ0v) is 17.6. The van der Waals surface area contributed by atoms with E-state index in [0.29, 0.717) is 46.9 Å². The molecule has 0 radical (unpaired) electrons. The van der Waals surface area contributed by atoms with Crippen LogP contribution in [0.25, 0.3) is 11.3 Å². The van der Waals surface area contributed by atoms with Gasteiger partial charge in [0.15, 0.2) is 0 Å². The zero-order chi connectivity index (χ0) is 21.3. The minimum absolute atomic E-state index is 0.120. The minimum atomic E-state index is -0.146. The van der Waals surface area contributed by atoms with E-state index in [2.05, 4.69) is 10.1 Å². The molecule has 3 heterocycles. The molecule has 8 nitrogen and oxygen atoms in total. The quantitative estimate of drug-likeness (QED) is 0.600. The topological polar surface area (TPSA) is 78.7 Å². The molecule has 0 saturated carbocycles. The number of rotatable bonds is 6. The normalized spacial score (nSPS) is 13.7. The van der Waals surface area contributed by atoms with Crippen molar-refractivity contribution in [3.05, 3.63) is 53.3 Å². The van der Waals surface area contributed by atoms with E-state index in [1.54, 1.807) is 55.2 Å². The Hall–Kier alpha value is -3.26. The van der Waals surface area contributed by atoms with Crippen LogP contribution in [0.5, 0.6) is 17.4 Å². The van der Waals surface area contributed by atoms with E-state index in [1.165, 1.54) is 0 Å². The third-order valence-corrected chi connectivity index (χ3v) is 5.21. The summed E-state index contributed by atoms with van der Waals surface area (Å²) in [4.78, 5) is 18.8. The van der Waals surface area contributed by atoms with E-state index in [1.807, 2.05) is 18.2 Å². The fraction of sp³-hybridized carbons (Fsp3) is 0.286. The van der Waals surface area contributed by atoms with Crippen LogP contribution >= 0.6 is 11.6 Å². The summed E-state index contributed by atoms with van der Waals surface area (Å²) in [6, 6.07) is 10.7. The van der Waals surface area contributed by atoms with Gasteiger partial charge in [0, 0.05) is 18.8 Å². The Kier molecular flexibility index (Phi) is 5.50. The molecular weight excluding hydrogens is 408 g/mol. The maximum atomic E-state index is 12.9. The summed E-state index contributed by atoms with van der Waals surface area (Å²) in [6.07, 6.45) is 1.47. The molecule has 1 saturated heterocycles. The first-order chi connectivity index (χ1) is 14.5. The number of pyridine rings is 1. The van der Waals surface area contributed by atoms with Crippen molar-refractivity contribution >= 4 is 17.5 Å². The molecule has 9 heteroatoms. The van der Waals surface area contributed by atoms with E-state index in [9.17, 15) is 4.79 Å². The standard InChI is InChI=1S/C21H21ClN4O4/c1-25-18(10-17(24-25)15-9-13(28-2)6-7-19(15)29-3)21(27)26-11-14(12-26)30-20-16(22)5-4-8-23-20/h4-10,14H,11-12H2,1-3H3. The molecule has 0 N–H and O–H groups in total. The fourth-order valence-corrected chi connectivity index (χ4v) is 3.44. The number of nitrogens with zero attached hydrogens (tertiary/aromatic N) is 4. The molecule has 1 aromatic carbocycles. The van der Waals surface area contributed by atoms with Crippen LogP contribution in [0.4, 0.5) is 0 Å². The molecule has 2 aromatic heterocycles. The smallest absolute Gasteiger partial charge is 0.272 e. The first-order valence-corrected chi connectivity index (χ1v) is 9.71. The van der Waals surface area contributed by atoms with Gasteiger partial charge in [-0.25, -0.2) is 4.98 Å². The Morgan fingerprint density at radius 2 is 1.97 bits per heavy atom. The van der Waals surface area contributed by atoms with Crippen LogP contribution in [0.2, 0.25) is 5.02 Å². The highest BCUT2D eigenvalue weighted by Crippen LogP contribution is 2.33. The van der Waals surface area contributed by atoms with Gasteiger partial charge >= 0.3 is 0 Å². The summed E-state index contributed by atoms with van der Waals surface area (Å²) in [6.45, 7) is 0.906. The third-order valence-electron chi connectivity index (χ3n) is 4.92. The van der Waals surface area contributed by atoms with Crippen molar-refractivity contribution in [2.24, 2.45) is 7.05 Å². The number of likely N-dealkylation sites (tertiary alicyclic amines) is 1. The largest absolute Gasteiger partial charge is 0.497 e. The lowest BCUT2D eigenvalue weighted by Gasteiger charge is -2.38. The van der Waals surface area contributed by atoms with Gasteiger partial charge in [-0.15, -0.1) is 0 Å². The van der Waals surface area contributed by atoms with Crippen LogP contribution in [0.3, 0.4) is 0 Å². The molecule has 1 amide bonds. The van der Waals surface area contributed by atoms with Crippen molar-refractivity contribution < 1.29 is 19.0 Å². The molecule has 3 aromatic rings. The van der Waals surface area contributed by atoms with Gasteiger partial charge in [0.25, 0.3) is 5.91 Å². The zero-order valence-electron chi connectivity index (χ0n) is 16.8. The van der Waals surface area contributed by atoms with Gasteiger partial charge in [0.2, 0.25) is 5.88 Å². The number of aryl methyl sites for hydroxylation is 1. The maximum absolute atomic E-state index is 12.9. The summed E-state index contributed by atoms with van der Waals surface area (Å²) in [5, 5.41) is 4.95. The second-order valence-electron chi connectivity index (χ2n) is 6.85. The van der Waals surface area contributed by atoms with Crippen LogP contribution in [-0.2, 0) is 7.05 Å². The maximum Gasteiger partial charge on any atom is 0.272 e. The summed E-state index contributed by atoms with van der Waals surface area (Å²) < 4.78 is 18.1. The fourth-order valence-electron chi connectivity index (χ4n) is 3.27. The number of halogens is 1. The summed E-state index contributed by atoms with van der Waals surface area (Å²) in [5.74, 6) is 1.59. The Labute approximate surface area is 178 Å². The number of aromatic nitrogens is 3. The third kappa shape index (κ3) is 3.78. The number of amides is 1. The van der Waals surface area contributed by atoms with E-state index in [-0.39, 0.29) is 12.0 Å². The van der Waals surface area contributed by atoms with Crippen LogP contribution in [0.15, 0.2) is 42.6 Å². The van der Waals surface area contributed by atoms with E-state index < -0.39 is 0 Å². The molecule has 1 aliphatic rings. The minimum Gasteiger partial charge on any atom is -0.497 e. The van der Waals surface area contributed by atoms with Gasteiger partial charge in [-0.3, -0.25) is 9.48 Å². The molecule has 0 aliphatic carbocycles. The van der Waals surface area contributed by atoms with Gasteiger partial charge in [-0.1, -0.05) is 11.6 Å². The van der Waals surface area contributed by atoms with Crippen molar-refractivity contribution in [3.63, 3.8) is 0 Å². The molecule has 156 valence electrons. The molecule has 0 bridgehead atoms. The average molecular weight is 429 g/mol. The lowest BCUT2D eigenvalue weighted by atomic mass is 10.1. The molecular formula is C21H21ClN4O4. The van der Waals surface area contributed by atoms with Crippen molar-refractivity contribution in [1.29, 1.82) is 0 Å². The second kappa shape index (κ2) is 8.23. The van der Waals surface area contributed by atoms with Crippen molar-refractivity contribution in [1.82, 2.24) is 19.7 Å². The Morgan fingerprint density at radius 3 is 2.67 bits per heavy atom. The van der Waals surface area contributed by atoms with Crippen molar-refractivity contribution in [3.8, 4) is 28.6 Å². The summed E-state index contributed by atoms with van der Waals surface area (Å²) in [5.41, 5.74) is 1.86. The number of carbonyl (C=O) groups is 1. The van der Waals surface area contributed by atoms with E-state index >= 15 is 0 Å². The Morgan fingerprint density at radius 1 is 1.17 bits per heavy atom. The predicted octanol–water partition coefficient (Wildman–Crippen LogP) is 3.06. The van der Waals surface area contributed by atoms with E-state index in [4.69, 9.17) is 25.8 Å². The summed E-state index contributed by atoms with van der Waals surface area (Å²) in [7, 11) is 4.93. The number of methoxy groups -OCH3 is 2. The first kappa shape index (κ1) is 20.0. The number of hydrogen-bond acceptors (Lipinski definition) is 6. The highest BCUT2D eigenvalue weighted by molar-refractivity contribution is 6.31. The molecule has 1 aliphatic heterocycles. The number of hydrogen-bond donors (Lipinski definition) is 0. The molecule has 1 fully saturated rings. The van der Waals surface area contributed by atoms with Gasteiger partial charge in [-0.2, -0.15) is 5.10 Å². The lowest BCUT2D eigenvalue weighted by Crippen LogP contribution is -2.56. The highest BCUT2D eigenvalue weighted by Gasteiger charge is 2.35. The monoisotopic (exact) mass is 428 g/mol. The van der Waals surface area contributed by atoms with Gasteiger partial charge in [0.1, 0.15) is 28.3 Å². The molecule has 0 spiro atoms. The molecule has 0 unspecified atom stereocenters. The van der Waals surface area contributed by atoms with Gasteiger partial charge < -0.3 is 19.1 Å². The molecule has 0 atom stereocenters. The van der Waals surface area contributed by atoms with Crippen LogP contribution in [0, 0.1) is 0 Å². The van der Waals surface area contributed by atoms with Crippen LogP contribution < -0.4 is 14.2 Å². The Bertz CT molecular complexity index is 1080. The van der Waals surface area contributed by atoms with Gasteiger partial charge in [0.05, 0.1) is 33.0 Å². The number of carbonyl (C=O) groups excluding carboxylic acids is 1. The van der Waals surface area contributed by atoms with Crippen molar-refractivity contribution in [2.75, 3.05) is 27.3 Å². The van der Waals surface area contributed by atoms with Crippen molar-refractivity contribution in [2.45, 2.75) is 6.10 Å². The second-order valence-corrected chi connectivity index (χ2v) is 7.25. The average Bonchev–Trinajstić information content (AvgIpc) is 3.12. The van der Waals surface area contributed by atoms with Gasteiger partial charge in [-0.05, 0) is 36.4 Å². The van der Waals surface area contributed by atoms with Crippen LogP contribution in [-0.4, -0.2) is 59.0 Å². The molecule has 30 heavy (non-hydrogen) atoms. The number of benzene rings is 1. The van der Waals surface area contributed by atoms with E-state index in [0.717, 1.165) is 5.56 Å². The first-order valence-electron chi connectivity index (χ1n) is 9.33.